The van der Waals surface area contributed by atoms with Crippen LogP contribution in [0.15, 0.2) is 53.2 Å². The fourth-order valence-electron chi connectivity index (χ4n) is 3.78. The quantitative estimate of drug-likeness (QED) is 0.626. The molecular weight excluding hydrogens is 394 g/mol. The lowest BCUT2D eigenvalue weighted by Crippen LogP contribution is -2.43. The Morgan fingerprint density at radius 1 is 1.23 bits per heavy atom. The monoisotopic (exact) mass is 421 g/mol. The summed E-state index contributed by atoms with van der Waals surface area (Å²) in [6.45, 7) is 3.43. The number of carbonyl (C=O) groups excluding carboxylic acids is 1. The fraction of sp³-hybridized carbons (Fsp3) is 0.391. The van der Waals surface area contributed by atoms with Crippen molar-refractivity contribution in [2.45, 2.75) is 32.2 Å². The molecule has 1 atom stereocenters. The maximum absolute atomic E-state index is 12.7. The first-order valence-electron chi connectivity index (χ1n) is 10.6. The third kappa shape index (κ3) is 5.20. The van der Waals surface area contributed by atoms with Crippen LogP contribution in [0.1, 0.15) is 25.5 Å². The molecule has 1 saturated heterocycles. The smallest absolute Gasteiger partial charge is 0.324 e. The first-order valence-corrected chi connectivity index (χ1v) is 10.6. The third-order valence-electron chi connectivity index (χ3n) is 5.53. The molecule has 1 aromatic carbocycles. The summed E-state index contributed by atoms with van der Waals surface area (Å²) in [6.07, 6.45) is 4.00. The Kier molecular flexibility index (Phi) is 6.45. The second-order valence-electron chi connectivity index (χ2n) is 7.83. The van der Waals surface area contributed by atoms with Crippen molar-refractivity contribution in [3.8, 4) is 17.1 Å². The molecule has 0 saturated carbocycles. The van der Waals surface area contributed by atoms with Crippen LogP contribution in [0.2, 0.25) is 0 Å². The summed E-state index contributed by atoms with van der Waals surface area (Å²) < 4.78 is 10.6. The first-order chi connectivity index (χ1) is 15.1. The number of hydrogen-bond donors (Lipinski definition) is 1. The first kappa shape index (κ1) is 20.8. The zero-order valence-electron chi connectivity index (χ0n) is 17.8. The van der Waals surface area contributed by atoms with Gasteiger partial charge in [0.1, 0.15) is 5.75 Å². The molecule has 8 heteroatoms. The second kappa shape index (κ2) is 9.59. The van der Waals surface area contributed by atoms with Crippen LogP contribution in [-0.2, 0) is 11.2 Å². The van der Waals surface area contributed by atoms with Crippen molar-refractivity contribution in [1.82, 2.24) is 20.4 Å². The topological polar surface area (TPSA) is 93.4 Å². The van der Waals surface area contributed by atoms with Gasteiger partial charge in [0.25, 0.3) is 0 Å². The molecule has 0 radical (unpaired) electrons. The molecule has 2 aromatic heterocycles. The molecule has 31 heavy (non-hydrogen) atoms. The average Bonchev–Trinajstić information content (AvgIpc) is 3.30. The lowest BCUT2D eigenvalue weighted by molar-refractivity contribution is -0.126. The van der Waals surface area contributed by atoms with Gasteiger partial charge in [-0.3, -0.25) is 9.78 Å². The predicted octanol–water partition coefficient (Wildman–Crippen LogP) is 3.10. The molecule has 1 unspecified atom stereocenters. The number of piperidine rings is 1. The summed E-state index contributed by atoms with van der Waals surface area (Å²) in [6, 6.07) is 13.9. The molecule has 3 heterocycles. The number of amides is 1. The molecule has 3 aromatic rings. The van der Waals surface area contributed by atoms with Crippen molar-refractivity contribution >= 4 is 11.9 Å². The summed E-state index contributed by atoms with van der Waals surface area (Å²) >= 11 is 0. The van der Waals surface area contributed by atoms with Gasteiger partial charge >= 0.3 is 6.01 Å². The minimum Gasteiger partial charge on any atom is -0.497 e. The highest BCUT2D eigenvalue weighted by atomic mass is 16.5. The lowest BCUT2D eigenvalue weighted by Gasteiger charge is -2.30. The van der Waals surface area contributed by atoms with E-state index in [0.717, 1.165) is 36.3 Å². The van der Waals surface area contributed by atoms with E-state index in [1.54, 1.807) is 13.3 Å². The van der Waals surface area contributed by atoms with Gasteiger partial charge < -0.3 is 19.5 Å². The summed E-state index contributed by atoms with van der Waals surface area (Å²) in [7, 11) is 1.63. The molecule has 8 nitrogen and oxygen atoms in total. The van der Waals surface area contributed by atoms with Gasteiger partial charge in [-0.1, -0.05) is 11.2 Å². The number of carbonyl (C=O) groups is 1. The van der Waals surface area contributed by atoms with E-state index in [4.69, 9.17) is 9.26 Å². The number of pyridine rings is 1. The summed E-state index contributed by atoms with van der Waals surface area (Å²) in [5, 5.41) is 7.23. The largest absolute Gasteiger partial charge is 0.497 e. The number of nitrogens with one attached hydrogen (secondary N) is 1. The van der Waals surface area contributed by atoms with E-state index in [1.165, 1.54) is 0 Å². The van der Waals surface area contributed by atoms with Crippen LogP contribution < -0.4 is 15.0 Å². The molecule has 1 aliphatic rings. The number of benzene rings is 1. The minimum atomic E-state index is -0.00795. The van der Waals surface area contributed by atoms with E-state index in [0.29, 0.717) is 24.9 Å². The van der Waals surface area contributed by atoms with Crippen molar-refractivity contribution in [2.75, 3.05) is 25.1 Å². The molecule has 1 aliphatic heterocycles. The van der Waals surface area contributed by atoms with Crippen LogP contribution in [0.25, 0.3) is 11.4 Å². The van der Waals surface area contributed by atoms with E-state index in [2.05, 4.69) is 20.4 Å². The van der Waals surface area contributed by atoms with Gasteiger partial charge in [-0.2, -0.15) is 4.98 Å². The van der Waals surface area contributed by atoms with Gasteiger partial charge in [0.2, 0.25) is 11.7 Å². The summed E-state index contributed by atoms with van der Waals surface area (Å²) in [5.74, 6) is 1.42. The summed E-state index contributed by atoms with van der Waals surface area (Å²) in [5.41, 5.74) is 1.85. The van der Waals surface area contributed by atoms with Gasteiger partial charge in [-0.25, -0.2) is 0 Å². The highest BCUT2D eigenvalue weighted by Crippen LogP contribution is 2.26. The Labute approximate surface area is 181 Å². The zero-order chi connectivity index (χ0) is 21.6. The number of hydrogen-bond acceptors (Lipinski definition) is 7. The number of rotatable bonds is 7. The van der Waals surface area contributed by atoms with Crippen LogP contribution in [0, 0.1) is 5.92 Å². The van der Waals surface area contributed by atoms with Crippen molar-refractivity contribution in [2.24, 2.45) is 5.92 Å². The molecule has 162 valence electrons. The number of anilines is 1. The Bertz CT molecular complexity index is 982. The lowest BCUT2D eigenvalue weighted by atomic mass is 9.95. The van der Waals surface area contributed by atoms with Crippen LogP contribution in [0.4, 0.5) is 6.01 Å². The standard InChI is InChI=1S/C23H27N5O3/c1-16(15-19-5-3-4-12-24-19)25-22(29)18-10-13-28(14-11-18)23-26-21(27-31-23)17-6-8-20(30-2)9-7-17/h3-9,12,16,18H,10-11,13-15H2,1-2H3,(H,25,29). The van der Waals surface area contributed by atoms with E-state index >= 15 is 0 Å². The van der Waals surface area contributed by atoms with Crippen LogP contribution in [-0.4, -0.2) is 47.3 Å². The molecule has 1 amide bonds. The Morgan fingerprint density at radius 3 is 2.68 bits per heavy atom. The molecule has 0 spiro atoms. The molecule has 0 aliphatic carbocycles. The van der Waals surface area contributed by atoms with Crippen molar-refractivity contribution in [3.05, 3.63) is 54.4 Å². The highest BCUT2D eigenvalue weighted by Gasteiger charge is 2.28. The molecule has 1 N–H and O–H groups in total. The van der Waals surface area contributed by atoms with Gasteiger partial charge in [0, 0.05) is 48.9 Å². The van der Waals surface area contributed by atoms with Gasteiger partial charge in [-0.15, -0.1) is 0 Å². The van der Waals surface area contributed by atoms with Crippen molar-refractivity contribution in [1.29, 1.82) is 0 Å². The van der Waals surface area contributed by atoms with Crippen LogP contribution >= 0.6 is 0 Å². The Morgan fingerprint density at radius 2 is 2.00 bits per heavy atom. The van der Waals surface area contributed by atoms with Gasteiger partial charge in [0.05, 0.1) is 7.11 Å². The zero-order valence-corrected chi connectivity index (χ0v) is 17.8. The number of nitrogens with zero attached hydrogens (tertiary/aromatic N) is 4. The highest BCUT2D eigenvalue weighted by molar-refractivity contribution is 5.79. The van der Waals surface area contributed by atoms with E-state index in [9.17, 15) is 4.79 Å². The van der Waals surface area contributed by atoms with Crippen molar-refractivity contribution < 1.29 is 14.1 Å². The Balaban J connectivity index is 1.28. The van der Waals surface area contributed by atoms with Gasteiger partial charge in [0.15, 0.2) is 0 Å². The Hall–Kier alpha value is -3.42. The average molecular weight is 422 g/mol. The fourth-order valence-corrected chi connectivity index (χ4v) is 3.78. The maximum Gasteiger partial charge on any atom is 0.324 e. The van der Waals surface area contributed by atoms with Crippen LogP contribution in [0.5, 0.6) is 5.75 Å². The third-order valence-corrected chi connectivity index (χ3v) is 5.53. The number of methoxy groups -OCH3 is 1. The van der Waals surface area contributed by atoms with Crippen molar-refractivity contribution in [3.63, 3.8) is 0 Å². The normalized spacial score (nSPS) is 15.5. The SMILES string of the molecule is COc1ccc(-c2noc(N3CCC(C(=O)NC(C)Cc4ccccn4)CC3)n2)cc1. The molecule has 0 bridgehead atoms. The number of aromatic nitrogens is 3. The second-order valence-corrected chi connectivity index (χ2v) is 7.83. The summed E-state index contributed by atoms with van der Waals surface area (Å²) in [4.78, 5) is 23.6. The van der Waals surface area contributed by atoms with E-state index in [1.807, 2.05) is 54.3 Å². The van der Waals surface area contributed by atoms with Gasteiger partial charge in [-0.05, 0) is 56.2 Å². The van der Waals surface area contributed by atoms with Crippen LogP contribution in [0.3, 0.4) is 0 Å². The molecule has 1 fully saturated rings. The minimum absolute atomic E-state index is 0.00795. The number of ether oxygens (including phenoxy) is 1. The maximum atomic E-state index is 12.7. The van der Waals surface area contributed by atoms with E-state index in [-0.39, 0.29) is 17.9 Å². The molecule has 4 rings (SSSR count). The predicted molar refractivity (Wildman–Crippen MR) is 117 cm³/mol. The molecular formula is C23H27N5O3. The van der Waals surface area contributed by atoms with E-state index < -0.39 is 0 Å².